The number of amides is 1. The molecule has 5 nitrogen and oxygen atoms in total. The second kappa shape index (κ2) is 5.79. The Balaban J connectivity index is 2.78. The molecular weight excluding hydrogens is 240 g/mol. The summed E-state index contributed by atoms with van der Waals surface area (Å²) in [5.41, 5.74) is 3.18. The van der Waals surface area contributed by atoms with E-state index in [0.717, 1.165) is 12.0 Å². The highest BCUT2D eigenvalue weighted by Crippen LogP contribution is 2.10. The highest BCUT2D eigenvalue weighted by Gasteiger charge is 2.13. The van der Waals surface area contributed by atoms with Gasteiger partial charge in [-0.25, -0.2) is 8.42 Å². The quantitative estimate of drug-likeness (QED) is 0.771. The molecule has 0 heterocycles. The lowest BCUT2D eigenvalue weighted by Gasteiger charge is -2.07. The van der Waals surface area contributed by atoms with Crippen molar-refractivity contribution in [2.45, 2.75) is 31.6 Å². The molecule has 0 unspecified atom stereocenters. The maximum absolute atomic E-state index is 11.7. The number of rotatable bonds is 5. The highest BCUT2D eigenvalue weighted by atomic mass is 32.2. The summed E-state index contributed by atoms with van der Waals surface area (Å²) in [6.45, 7) is 3.63. The molecule has 0 fully saturated rings. The van der Waals surface area contributed by atoms with E-state index in [0.29, 0.717) is 0 Å². The van der Waals surface area contributed by atoms with Gasteiger partial charge in [0.25, 0.3) is 10.0 Å². The minimum absolute atomic E-state index is 0.131. The number of sulfonamides is 1. The molecular formula is C11H16N2O3S. The lowest BCUT2D eigenvalue weighted by Crippen LogP contribution is -2.41. The summed E-state index contributed by atoms with van der Waals surface area (Å²) in [6, 6.07) is 6.52. The molecule has 94 valence electrons. The molecule has 0 aliphatic rings. The van der Waals surface area contributed by atoms with Gasteiger partial charge in [-0.05, 0) is 24.1 Å². The van der Waals surface area contributed by atoms with Crippen LogP contribution in [0.4, 0.5) is 0 Å². The Bertz CT molecular complexity index is 480. The third-order valence-electron chi connectivity index (χ3n) is 2.29. The summed E-state index contributed by atoms with van der Waals surface area (Å²) >= 11 is 0. The molecule has 0 atom stereocenters. The van der Waals surface area contributed by atoms with Crippen molar-refractivity contribution >= 4 is 15.9 Å². The summed E-state index contributed by atoms with van der Waals surface area (Å²) < 4.78 is 23.5. The van der Waals surface area contributed by atoms with Crippen molar-refractivity contribution in [2.24, 2.45) is 0 Å². The predicted octanol–water partition coefficient (Wildman–Crippen LogP) is 0.968. The molecule has 0 saturated heterocycles. The van der Waals surface area contributed by atoms with Gasteiger partial charge < -0.3 is 0 Å². The van der Waals surface area contributed by atoms with Gasteiger partial charge >= 0.3 is 0 Å². The Morgan fingerprint density at radius 3 is 2.24 bits per heavy atom. The van der Waals surface area contributed by atoms with Crippen LogP contribution >= 0.6 is 0 Å². The number of hydrogen-bond acceptors (Lipinski definition) is 3. The van der Waals surface area contributed by atoms with Crippen LogP contribution < -0.4 is 10.3 Å². The van der Waals surface area contributed by atoms with Crippen molar-refractivity contribution < 1.29 is 13.2 Å². The molecule has 0 radical (unpaired) electrons. The van der Waals surface area contributed by atoms with Crippen LogP contribution in [0.25, 0.3) is 0 Å². The largest absolute Gasteiger partial charge is 0.278 e. The third kappa shape index (κ3) is 3.83. The van der Waals surface area contributed by atoms with Crippen LogP contribution in [-0.2, 0) is 21.2 Å². The first kappa shape index (κ1) is 13.7. The maximum Gasteiger partial charge on any atom is 0.257 e. The fourth-order valence-electron chi connectivity index (χ4n) is 1.18. The summed E-state index contributed by atoms with van der Waals surface area (Å²) in [5, 5.41) is 0. The molecule has 0 saturated carbocycles. The van der Waals surface area contributed by atoms with Gasteiger partial charge in [0.1, 0.15) is 0 Å². The molecule has 1 amide bonds. The maximum atomic E-state index is 11.7. The minimum Gasteiger partial charge on any atom is -0.278 e. The molecule has 0 aliphatic heterocycles. The van der Waals surface area contributed by atoms with Gasteiger partial charge in [-0.2, -0.15) is 0 Å². The second-order valence-corrected chi connectivity index (χ2v) is 5.19. The Morgan fingerprint density at radius 2 is 1.76 bits per heavy atom. The molecule has 1 aromatic rings. The summed E-state index contributed by atoms with van der Waals surface area (Å²) in [5.74, 6) is -0.376. The first-order chi connectivity index (χ1) is 7.99. The van der Waals surface area contributed by atoms with E-state index in [-0.39, 0.29) is 17.2 Å². The van der Waals surface area contributed by atoms with Crippen LogP contribution in [0.15, 0.2) is 29.2 Å². The number of carbonyl (C=O) groups excluding carboxylic acids is 1. The Kier molecular flexibility index (Phi) is 4.65. The van der Waals surface area contributed by atoms with Crippen molar-refractivity contribution in [3.8, 4) is 0 Å². The van der Waals surface area contributed by atoms with Gasteiger partial charge in [0.15, 0.2) is 0 Å². The molecule has 0 aromatic heterocycles. The summed E-state index contributed by atoms with van der Waals surface area (Å²) in [6.07, 6.45) is 1.07. The first-order valence-corrected chi connectivity index (χ1v) is 6.87. The zero-order valence-corrected chi connectivity index (χ0v) is 10.7. The Morgan fingerprint density at radius 1 is 1.18 bits per heavy atom. The highest BCUT2D eigenvalue weighted by molar-refractivity contribution is 7.89. The van der Waals surface area contributed by atoms with E-state index in [9.17, 15) is 13.2 Å². The van der Waals surface area contributed by atoms with Gasteiger partial charge in [-0.3, -0.25) is 10.2 Å². The lowest BCUT2D eigenvalue weighted by atomic mass is 10.2. The Hall–Kier alpha value is -1.40. The number of nitrogens with one attached hydrogen (secondary N) is 2. The summed E-state index contributed by atoms with van der Waals surface area (Å²) in [4.78, 5) is 13.1. The van der Waals surface area contributed by atoms with Crippen LogP contribution in [0.1, 0.15) is 25.8 Å². The van der Waals surface area contributed by atoms with E-state index in [2.05, 4.69) is 5.43 Å². The first-order valence-electron chi connectivity index (χ1n) is 5.39. The minimum atomic E-state index is -3.67. The second-order valence-electron chi connectivity index (χ2n) is 3.50. The molecule has 17 heavy (non-hydrogen) atoms. The standard InChI is InChI=1S/C11H16N2O3S/c1-3-9-5-7-10(8-6-9)17(15,16)13-12-11(14)4-2/h5-8,13H,3-4H2,1-2H3,(H,12,14). The number of benzene rings is 1. The summed E-state index contributed by atoms with van der Waals surface area (Å²) in [7, 11) is -3.67. The van der Waals surface area contributed by atoms with Crippen molar-refractivity contribution in [2.75, 3.05) is 0 Å². The SMILES string of the molecule is CCC(=O)NNS(=O)(=O)c1ccc(CC)cc1. The van der Waals surface area contributed by atoms with E-state index < -0.39 is 10.0 Å². The van der Waals surface area contributed by atoms with Gasteiger partial charge in [-0.15, -0.1) is 4.83 Å². The van der Waals surface area contributed by atoms with Gasteiger partial charge in [0, 0.05) is 6.42 Å². The van der Waals surface area contributed by atoms with Crippen LogP contribution in [0, 0.1) is 0 Å². The molecule has 2 N–H and O–H groups in total. The monoisotopic (exact) mass is 256 g/mol. The normalized spacial score (nSPS) is 11.2. The van der Waals surface area contributed by atoms with Gasteiger partial charge in [0.05, 0.1) is 4.90 Å². The van der Waals surface area contributed by atoms with Crippen LogP contribution in [0.3, 0.4) is 0 Å². The van der Waals surface area contributed by atoms with E-state index in [1.54, 1.807) is 19.1 Å². The predicted molar refractivity (Wildman–Crippen MR) is 64.6 cm³/mol. The molecule has 0 bridgehead atoms. The zero-order valence-electron chi connectivity index (χ0n) is 9.86. The van der Waals surface area contributed by atoms with E-state index in [1.165, 1.54) is 12.1 Å². The van der Waals surface area contributed by atoms with Crippen molar-refractivity contribution in [1.29, 1.82) is 0 Å². The molecule has 6 heteroatoms. The smallest absolute Gasteiger partial charge is 0.257 e. The van der Waals surface area contributed by atoms with Gasteiger partial charge in [-0.1, -0.05) is 26.0 Å². The van der Waals surface area contributed by atoms with Crippen molar-refractivity contribution in [3.05, 3.63) is 29.8 Å². The molecule has 1 aromatic carbocycles. The number of hydrazine groups is 1. The van der Waals surface area contributed by atoms with Crippen LogP contribution in [0.2, 0.25) is 0 Å². The fraction of sp³-hybridized carbons (Fsp3) is 0.364. The number of aryl methyl sites for hydroxylation is 1. The zero-order chi connectivity index (χ0) is 12.9. The number of carbonyl (C=O) groups is 1. The van der Waals surface area contributed by atoms with E-state index in [4.69, 9.17) is 0 Å². The molecule has 0 aliphatic carbocycles. The van der Waals surface area contributed by atoms with Crippen molar-refractivity contribution in [3.63, 3.8) is 0 Å². The molecule has 0 spiro atoms. The van der Waals surface area contributed by atoms with Crippen LogP contribution in [0.5, 0.6) is 0 Å². The lowest BCUT2D eigenvalue weighted by molar-refractivity contribution is -0.121. The van der Waals surface area contributed by atoms with Crippen LogP contribution in [-0.4, -0.2) is 14.3 Å². The Labute approximate surface area is 101 Å². The van der Waals surface area contributed by atoms with Crippen molar-refractivity contribution in [1.82, 2.24) is 10.3 Å². The molecule has 1 rings (SSSR count). The number of hydrogen-bond donors (Lipinski definition) is 2. The van der Waals surface area contributed by atoms with E-state index >= 15 is 0 Å². The average Bonchev–Trinajstić information content (AvgIpc) is 2.36. The third-order valence-corrected chi connectivity index (χ3v) is 3.55. The fourth-order valence-corrected chi connectivity index (χ4v) is 2.04. The van der Waals surface area contributed by atoms with E-state index in [1.807, 2.05) is 11.8 Å². The average molecular weight is 256 g/mol. The van der Waals surface area contributed by atoms with Gasteiger partial charge in [0.2, 0.25) is 5.91 Å². The topological polar surface area (TPSA) is 75.3 Å².